The fraction of sp³-hybridized carbons (Fsp3) is 0.294. The molecule has 1 aromatic carbocycles. The molecule has 0 unspecified atom stereocenters. The maximum Gasteiger partial charge on any atom is 0.332 e. The van der Waals surface area contributed by atoms with E-state index in [-0.39, 0.29) is 6.61 Å². The van der Waals surface area contributed by atoms with Crippen molar-refractivity contribution < 1.29 is 19.4 Å². The van der Waals surface area contributed by atoms with Gasteiger partial charge in [-0.3, -0.25) is 4.79 Å². The molecule has 0 aliphatic rings. The third-order valence-corrected chi connectivity index (χ3v) is 3.74. The quantitative estimate of drug-likeness (QED) is 0.854. The largest absolute Gasteiger partial charge is 0.491 e. The molecule has 1 aromatic heterocycles. The number of hydrogen-bond acceptors (Lipinski definition) is 3. The minimum Gasteiger partial charge on any atom is -0.491 e. The molecule has 0 saturated carbocycles. The lowest BCUT2D eigenvalue weighted by atomic mass is 10.0. The van der Waals surface area contributed by atoms with Gasteiger partial charge in [-0.1, -0.05) is 18.2 Å². The van der Waals surface area contributed by atoms with Crippen LogP contribution in [0.3, 0.4) is 0 Å². The summed E-state index contributed by atoms with van der Waals surface area (Å²) in [5, 5.41) is 12.0. The number of aliphatic carboxylic acids is 1. The average molecular weight is 316 g/mol. The van der Waals surface area contributed by atoms with Gasteiger partial charge in [-0.2, -0.15) is 0 Å². The average Bonchev–Trinajstić information content (AvgIpc) is 2.86. The molecule has 0 bridgehead atoms. The maximum absolute atomic E-state index is 12.4. The second-order valence-corrected chi connectivity index (χ2v) is 5.61. The van der Waals surface area contributed by atoms with Crippen LogP contribution >= 0.6 is 0 Å². The molecule has 0 saturated heterocycles. The van der Waals surface area contributed by atoms with Crippen molar-refractivity contribution in [2.75, 3.05) is 6.61 Å². The van der Waals surface area contributed by atoms with Gasteiger partial charge in [0.25, 0.3) is 5.91 Å². The van der Waals surface area contributed by atoms with Crippen LogP contribution in [0.4, 0.5) is 0 Å². The lowest BCUT2D eigenvalue weighted by molar-refractivity contribution is -0.145. The minimum absolute atomic E-state index is 0.179. The van der Waals surface area contributed by atoms with Crippen LogP contribution in [0.1, 0.15) is 23.1 Å². The number of aryl methyl sites for hydroxylation is 1. The monoisotopic (exact) mass is 316 g/mol. The van der Waals surface area contributed by atoms with Gasteiger partial charge in [-0.25, -0.2) is 4.79 Å². The highest BCUT2D eigenvalue weighted by Crippen LogP contribution is 2.14. The van der Waals surface area contributed by atoms with Crippen molar-refractivity contribution in [2.45, 2.75) is 19.4 Å². The van der Waals surface area contributed by atoms with E-state index in [9.17, 15) is 14.7 Å². The van der Waals surface area contributed by atoms with E-state index in [0.29, 0.717) is 11.4 Å². The van der Waals surface area contributed by atoms with Crippen LogP contribution in [-0.2, 0) is 11.8 Å². The van der Waals surface area contributed by atoms with Crippen LogP contribution < -0.4 is 10.1 Å². The number of ether oxygens (including phenoxy) is 1. The van der Waals surface area contributed by atoms with Crippen molar-refractivity contribution >= 4 is 11.9 Å². The van der Waals surface area contributed by atoms with Gasteiger partial charge in [-0.05, 0) is 38.1 Å². The van der Waals surface area contributed by atoms with E-state index >= 15 is 0 Å². The van der Waals surface area contributed by atoms with Crippen LogP contribution in [-0.4, -0.2) is 33.7 Å². The molecule has 0 radical (unpaired) electrons. The van der Waals surface area contributed by atoms with Gasteiger partial charge < -0.3 is 19.7 Å². The summed E-state index contributed by atoms with van der Waals surface area (Å²) in [5.41, 5.74) is -0.229. The Balaban J connectivity index is 2.12. The Hall–Kier alpha value is -2.76. The number of aromatic nitrogens is 1. The summed E-state index contributed by atoms with van der Waals surface area (Å²) in [4.78, 5) is 24.0. The lowest BCUT2D eigenvalue weighted by Crippen LogP contribution is -2.56. The summed E-state index contributed by atoms with van der Waals surface area (Å²) in [5.74, 6) is -1.07. The van der Waals surface area contributed by atoms with Crippen LogP contribution in [0, 0.1) is 6.92 Å². The number of amides is 1. The molecular weight excluding hydrogens is 296 g/mol. The number of para-hydroxylation sites is 1. The van der Waals surface area contributed by atoms with Crippen LogP contribution in [0.15, 0.2) is 42.5 Å². The van der Waals surface area contributed by atoms with Crippen molar-refractivity contribution in [1.82, 2.24) is 9.88 Å². The SMILES string of the molecule is Cc1ccc(C(=O)N[C@](C)(COc2ccccc2)C(=O)O)n1C. The molecule has 0 aliphatic carbocycles. The predicted molar refractivity (Wildman–Crippen MR) is 85.6 cm³/mol. The molecule has 23 heavy (non-hydrogen) atoms. The molecule has 2 aromatic rings. The highest BCUT2D eigenvalue weighted by atomic mass is 16.5. The number of rotatable bonds is 6. The summed E-state index contributed by atoms with van der Waals surface area (Å²) in [6.07, 6.45) is 0. The van der Waals surface area contributed by atoms with Gasteiger partial charge in [0.05, 0.1) is 0 Å². The number of carboxylic acids is 1. The molecule has 1 heterocycles. The van der Waals surface area contributed by atoms with Gasteiger partial charge in [0, 0.05) is 12.7 Å². The Morgan fingerprint density at radius 3 is 2.39 bits per heavy atom. The van der Waals surface area contributed by atoms with E-state index in [2.05, 4.69) is 5.32 Å². The van der Waals surface area contributed by atoms with Gasteiger partial charge in [-0.15, -0.1) is 0 Å². The van der Waals surface area contributed by atoms with E-state index in [1.54, 1.807) is 48.0 Å². The van der Waals surface area contributed by atoms with Crippen LogP contribution in [0.5, 0.6) is 5.75 Å². The predicted octanol–water partition coefficient (Wildman–Crippen LogP) is 1.99. The maximum atomic E-state index is 12.4. The first kappa shape index (κ1) is 16.6. The Labute approximate surface area is 134 Å². The third-order valence-electron chi connectivity index (χ3n) is 3.74. The van der Waals surface area contributed by atoms with Crippen molar-refractivity contribution in [2.24, 2.45) is 7.05 Å². The first-order chi connectivity index (χ1) is 10.8. The van der Waals surface area contributed by atoms with E-state index in [0.717, 1.165) is 5.69 Å². The standard InChI is InChI=1S/C17H20N2O4/c1-12-9-10-14(19(12)3)15(20)18-17(2,16(21)22)11-23-13-7-5-4-6-8-13/h4-10H,11H2,1-3H3,(H,18,20)(H,21,22)/t17-/m1/s1. The number of nitrogens with zero attached hydrogens (tertiary/aromatic N) is 1. The highest BCUT2D eigenvalue weighted by Gasteiger charge is 2.36. The first-order valence-electron chi connectivity index (χ1n) is 7.19. The summed E-state index contributed by atoms with van der Waals surface area (Å²) in [7, 11) is 1.75. The Kier molecular flexibility index (Phi) is 4.74. The zero-order valence-corrected chi connectivity index (χ0v) is 13.4. The van der Waals surface area contributed by atoms with Crippen LogP contribution in [0.2, 0.25) is 0 Å². The second-order valence-electron chi connectivity index (χ2n) is 5.61. The first-order valence-corrected chi connectivity index (χ1v) is 7.19. The van der Waals surface area contributed by atoms with E-state index in [4.69, 9.17) is 4.74 Å². The van der Waals surface area contributed by atoms with Gasteiger partial charge in [0.1, 0.15) is 18.1 Å². The zero-order valence-electron chi connectivity index (χ0n) is 13.4. The number of nitrogens with one attached hydrogen (secondary N) is 1. The number of hydrogen-bond donors (Lipinski definition) is 2. The van der Waals surface area contributed by atoms with Crippen molar-refractivity contribution in [3.05, 3.63) is 53.9 Å². The summed E-state index contributed by atoms with van der Waals surface area (Å²) < 4.78 is 7.21. The van der Waals surface area contributed by atoms with E-state index in [1.165, 1.54) is 6.92 Å². The van der Waals surface area contributed by atoms with Crippen LogP contribution in [0.25, 0.3) is 0 Å². The second kappa shape index (κ2) is 6.56. The lowest BCUT2D eigenvalue weighted by Gasteiger charge is -2.26. The van der Waals surface area contributed by atoms with Crippen molar-refractivity contribution in [3.63, 3.8) is 0 Å². The molecule has 6 heteroatoms. The molecule has 6 nitrogen and oxygen atoms in total. The fourth-order valence-electron chi connectivity index (χ4n) is 2.05. The van der Waals surface area contributed by atoms with Gasteiger partial charge >= 0.3 is 5.97 Å². The zero-order chi connectivity index (χ0) is 17.0. The van der Waals surface area contributed by atoms with Gasteiger partial charge in [0.15, 0.2) is 5.54 Å². The molecule has 0 aliphatic heterocycles. The van der Waals surface area contributed by atoms with Crippen molar-refractivity contribution in [1.29, 1.82) is 0 Å². The number of carboxylic acid groups (broad SMARTS) is 1. The van der Waals surface area contributed by atoms with E-state index in [1.807, 2.05) is 13.0 Å². The molecule has 0 spiro atoms. The molecule has 122 valence electrons. The number of benzene rings is 1. The molecule has 2 N–H and O–H groups in total. The van der Waals surface area contributed by atoms with E-state index < -0.39 is 17.4 Å². The molecule has 0 fully saturated rings. The molecular formula is C17H20N2O4. The Morgan fingerprint density at radius 2 is 1.87 bits per heavy atom. The number of carbonyl (C=O) groups is 2. The fourth-order valence-corrected chi connectivity index (χ4v) is 2.05. The Bertz CT molecular complexity index is 709. The third kappa shape index (κ3) is 3.71. The molecule has 1 amide bonds. The summed E-state index contributed by atoms with van der Waals surface area (Å²) >= 11 is 0. The smallest absolute Gasteiger partial charge is 0.332 e. The normalized spacial score (nSPS) is 13.2. The topological polar surface area (TPSA) is 80.6 Å². The summed E-state index contributed by atoms with van der Waals surface area (Å²) in [6, 6.07) is 12.3. The highest BCUT2D eigenvalue weighted by molar-refractivity contribution is 5.96. The minimum atomic E-state index is -1.54. The van der Waals surface area contributed by atoms with Crippen molar-refractivity contribution in [3.8, 4) is 5.75 Å². The van der Waals surface area contributed by atoms with Gasteiger partial charge in [0.2, 0.25) is 0 Å². The molecule has 1 atom stereocenters. The molecule has 2 rings (SSSR count). The Morgan fingerprint density at radius 1 is 1.22 bits per heavy atom. The number of carbonyl (C=O) groups excluding carboxylic acids is 1. The summed E-state index contributed by atoms with van der Waals surface area (Å²) in [6.45, 7) is 3.11.